The Morgan fingerprint density at radius 3 is 2.65 bits per heavy atom. The highest BCUT2D eigenvalue weighted by Gasteiger charge is 2.14. The van der Waals surface area contributed by atoms with Crippen molar-refractivity contribution in [2.45, 2.75) is 0 Å². The van der Waals surface area contributed by atoms with Crippen LogP contribution in [0.2, 0.25) is 0 Å². The fourth-order valence-corrected chi connectivity index (χ4v) is 4.91. The molecule has 0 spiro atoms. The van der Waals surface area contributed by atoms with E-state index < -0.39 is 0 Å². The van der Waals surface area contributed by atoms with E-state index in [4.69, 9.17) is 0 Å². The Hall–Kier alpha value is -0.280. The topological polar surface area (TPSA) is 42.0 Å². The number of hydrogen-bond donors (Lipinski definition) is 1. The number of rotatable bonds is 2. The number of amides is 1. The fraction of sp³-hybridized carbons (Fsp3) is 0. The third-order valence-electron chi connectivity index (χ3n) is 2.44. The number of thiophene rings is 1. The van der Waals surface area contributed by atoms with Crippen LogP contribution in [-0.4, -0.2) is 10.9 Å². The van der Waals surface area contributed by atoms with E-state index in [0.717, 1.165) is 22.9 Å². The molecule has 0 radical (unpaired) electrons. The minimum absolute atomic E-state index is 0.153. The zero-order chi connectivity index (χ0) is 14.3. The van der Waals surface area contributed by atoms with Crippen LogP contribution in [0.3, 0.4) is 0 Å². The Morgan fingerprint density at radius 2 is 1.95 bits per heavy atom. The second-order valence-corrected chi connectivity index (χ2v) is 8.99. The maximum absolute atomic E-state index is 12.1. The van der Waals surface area contributed by atoms with Gasteiger partial charge in [0.25, 0.3) is 5.91 Å². The Morgan fingerprint density at radius 1 is 1.15 bits per heavy atom. The Bertz CT molecular complexity index is 793. The molecule has 3 nitrogen and oxygen atoms in total. The average Bonchev–Trinajstić information content (AvgIpc) is 2.93. The molecule has 0 aliphatic heterocycles. The molecule has 1 N–H and O–H groups in total. The maximum Gasteiger partial charge on any atom is 0.267 e. The first-order chi connectivity index (χ1) is 9.52. The highest BCUT2D eigenvalue weighted by atomic mass is 79.9. The summed E-state index contributed by atoms with van der Waals surface area (Å²) in [5.74, 6) is -0.153. The molecule has 2 aromatic heterocycles. The van der Waals surface area contributed by atoms with Crippen LogP contribution in [0.15, 0.2) is 37.0 Å². The van der Waals surface area contributed by atoms with Crippen LogP contribution >= 0.6 is 70.5 Å². The number of aromatic nitrogens is 1. The van der Waals surface area contributed by atoms with E-state index in [0.29, 0.717) is 10.0 Å². The number of halogens is 3. The van der Waals surface area contributed by atoms with E-state index in [-0.39, 0.29) is 5.91 Å². The molecule has 1 aromatic carbocycles. The molecule has 0 unspecified atom stereocenters. The van der Waals surface area contributed by atoms with Gasteiger partial charge in [0.2, 0.25) is 0 Å². The van der Waals surface area contributed by atoms with Crippen LogP contribution in [0, 0.1) is 0 Å². The molecule has 0 bridgehead atoms. The number of carbonyl (C=O) groups is 1. The van der Waals surface area contributed by atoms with Crippen molar-refractivity contribution in [2.24, 2.45) is 0 Å². The van der Waals surface area contributed by atoms with Gasteiger partial charge < -0.3 is 0 Å². The second kappa shape index (κ2) is 5.84. The molecule has 2 heterocycles. The van der Waals surface area contributed by atoms with Gasteiger partial charge in [0.05, 0.1) is 18.9 Å². The van der Waals surface area contributed by atoms with E-state index in [1.165, 1.54) is 22.7 Å². The van der Waals surface area contributed by atoms with Crippen molar-refractivity contribution in [3.63, 3.8) is 0 Å². The summed E-state index contributed by atoms with van der Waals surface area (Å²) in [7, 11) is 0. The molecule has 1 amide bonds. The van der Waals surface area contributed by atoms with Gasteiger partial charge in [0.1, 0.15) is 0 Å². The normalized spacial score (nSPS) is 10.9. The van der Waals surface area contributed by atoms with E-state index in [1.54, 1.807) is 6.07 Å². The number of benzene rings is 1. The van der Waals surface area contributed by atoms with Gasteiger partial charge in [-0.05, 0) is 56.1 Å². The smallest absolute Gasteiger partial charge is 0.267 e. The zero-order valence-electron chi connectivity index (χ0n) is 9.62. The molecule has 0 saturated carbocycles. The van der Waals surface area contributed by atoms with E-state index in [9.17, 15) is 4.79 Å². The maximum atomic E-state index is 12.1. The van der Waals surface area contributed by atoms with E-state index >= 15 is 0 Å². The summed E-state index contributed by atoms with van der Waals surface area (Å²) in [5.41, 5.74) is 0.877. The Balaban J connectivity index is 1.87. The molecule has 0 saturated heterocycles. The van der Waals surface area contributed by atoms with Crippen molar-refractivity contribution in [3.8, 4) is 0 Å². The number of carbonyl (C=O) groups excluding carboxylic acids is 1. The number of fused-ring (bicyclic) bond motifs is 1. The van der Waals surface area contributed by atoms with Crippen LogP contribution in [-0.2, 0) is 0 Å². The van der Waals surface area contributed by atoms with Crippen molar-refractivity contribution >= 4 is 91.7 Å². The summed E-state index contributed by atoms with van der Waals surface area (Å²) in [6.45, 7) is 0. The summed E-state index contributed by atoms with van der Waals surface area (Å²) < 4.78 is 3.80. The van der Waals surface area contributed by atoms with Crippen molar-refractivity contribution in [3.05, 3.63) is 41.9 Å². The third-order valence-corrected chi connectivity index (χ3v) is 7.12. The first-order valence-electron chi connectivity index (χ1n) is 5.35. The monoisotopic (exact) mass is 494 g/mol. The quantitative estimate of drug-likeness (QED) is 0.480. The predicted molar refractivity (Wildman–Crippen MR) is 95.0 cm³/mol. The SMILES string of the molecule is O=C(Nc1nc2ccc(Br)cc2s1)c1cc(Br)c(Br)s1. The Labute approximate surface area is 147 Å². The molecule has 0 atom stereocenters. The largest absolute Gasteiger partial charge is 0.297 e. The average molecular weight is 497 g/mol. The highest BCUT2D eigenvalue weighted by molar-refractivity contribution is 9.13. The van der Waals surface area contributed by atoms with Crippen molar-refractivity contribution in [1.29, 1.82) is 0 Å². The lowest BCUT2D eigenvalue weighted by atomic mass is 10.3. The first kappa shape index (κ1) is 14.6. The lowest BCUT2D eigenvalue weighted by Gasteiger charge is -1.96. The van der Waals surface area contributed by atoms with E-state index in [1.807, 2.05) is 18.2 Å². The number of thiazole rings is 1. The summed E-state index contributed by atoms with van der Waals surface area (Å²) in [4.78, 5) is 17.2. The zero-order valence-corrected chi connectivity index (χ0v) is 16.0. The predicted octanol–water partition coefficient (Wildman–Crippen LogP) is 5.90. The number of nitrogens with one attached hydrogen (secondary N) is 1. The molecule has 8 heteroatoms. The first-order valence-corrected chi connectivity index (χ1v) is 9.36. The van der Waals surface area contributed by atoms with Crippen LogP contribution in [0.1, 0.15) is 9.67 Å². The molecular weight excluding hydrogens is 492 g/mol. The minimum atomic E-state index is -0.153. The van der Waals surface area contributed by atoms with Gasteiger partial charge in [-0.25, -0.2) is 4.98 Å². The van der Waals surface area contributed by atoms with Crippen LogP contribution in [0.25, 0.3) is 10.2 Å². The van der Waals surface area contributed by atoms with Crippen molar-refractivity contribution in [2.75, 3.05) is 5.32 Å². The summed E-state index contributed by atoms with van der Waals surface area (Å²) in [5, 5.41) is 3.43. The molecule has 0 fully saturated rings. The van der Waals surface area contributed by atoms with Crippen LogP contribution in [0.5, 0.6) is 0 Å². The van der Waals surface area contributed by atoms with Gasteiger partial charge in [-0.15, -0.1) is 11.3 Å². The molecule has 20 heavy (non-hydrogen) atoms. The van der Waals surface area contributed by atoms with E-state index in [2.05, 4.69) is 58.1 Å². The summed E-state index contributed by atoms with van der Waals surface area (Å²) >= 11 is 13.0. The van der Waals surface area contributed by atoms with Gasteiger partial charge in [-0.2, -0.15) is 0 Å². The second-order valence-electron chi connectivity index (χ2n) is 3.82. The van der Waals surface area contributed by atoms with Gasteiger partial charge in [0.15, 0.2) is 5.13 Å². The standard InChI is InChI=1S/C12H5Br3N2OS2/c13-5-1-2-7-8(3-5)20-12(16-7)17-11(18)9-4-6(14)10(15)19-9/h1-4H,(H,16,17,18). The van der Waals surface area contributed by atoms with Crippen molar-refractivity contribution in [1.82, 2.24) is 4.98 Å². The summed E-state index contributed by atoms with van der Waals surface area (Å²) in [6, 6.07) is 7.63. The minimum Gasteiger partial charge on any atom is -0.297 e. The molecule has 0 aliphatic rings. The molecular formula is C12H5Br3N2OS2. The lowest BCUT2D eigenvalue weighted by Crippen LogP contribution is -2.09. The van der Waals surface area contributed by atoms with Gasteiger partial charge in [-0.3, -0.25) is 10.1 Å². The molecule has 0 aliphatic carbocycles. The third kappa shape index (κ3) is 2.99. The number of anilines is 1. The number of hydrogen-bond acceptors (Lipinski definition) is 4. The Kier molecular flexibility index (Phi) is 4.28. The molecule has 3 rings (SSSR count). The summed E-state index contributed by atoms with van der Waals surface area (Å²) in [6.07, 6.45) is 0. The van der Waals surface area contributed by atoms with Gasteiger partial charge in [0, 0.05) is 8.95 Å². The number of nitrogens with zero attached hydrogens (tertiary/aromatic N) is 1. The van der Waals surface area contributed by atoms with Crippen molar-refractivity contribution < 1.29 is 4.79 Å². The van der Waals surface area contributed by atoms with Crippen LogP contribution < -0.4 is 5.32 Å². The fourth-order valence-electron chi connectivity index (χ4n) is 1.57. The van der Waals surface area contributed by atoms with Gasteiger partial charge in [-0.1, -0.05) is 27.3 Å². The highest BCUT2D eigenvalue weighted by Crippen LogP contribution is 2.33. The van der Waals surface area contributed by atoms with Crippen LogP contribution in [0.4, 0.5) is 5.13 Å². The van der Waals surface area contributed by atoms with Gasteiger partial charge >= 0.3 is 0 Å². The molecule has 3 aromatic rings. The molecule has 102 valence electrons. The lowest BCUT2D eigenvalue weighted by molar-refractivity contribution is 0.103.